The van der Waals surface area contributed by atoms with Gasteiger partial charge in [-0.15, -0.1) is 0 Å². The first-order chi connectivity index (χ1) is 9.29. The van der Waals surface area contributed by atoms with Gasteiger partial charge >= 0.3 is 0 Å². The minimum atomic E-state index is 0.334. The van der Waals surface area contributed by atoms with Crippen LogP contribution in [-0.2, 0) is 11.2 Å². The maximum absolute atomic E-state index is 10.5. The summed E-state index contributed by atoms with van der Waals surface area (Å²) in [7, 11) is 0. The van der Waals surface area contributed by atoms with Crippen LogP contribution in [0.1, 0.15) is 5.56 Å². The van der Waals surface area contributed by atoms with Crippen molar-refractivity contribution in [3.63, 3.8) is 0 Å². The predicted molar refractivity (Wildman–Crippen MR) is 73.0 cm³/mol. The summed E-state index contributed by atoms with van der Waals surface area (Å²) >= 11 is 0. The standard InChI is InChI=1S/C14H12N4O/c15-14-13-12(8-10(6-7-19)9-16-13)17-18(14)11-4-2-1-3-5-11/h1-5,7-9H,6,15H2. The summed E-state index contributed by atoms with van der Waals surface area (Å²) in [5, 5.41) is 4.44. The molecule has 94 valence electrons. The number of fused-ring (bicyclic) bond motifs is 1. The Morgan fingerprint density at radius 2 is 2.05 bits per heavy atom. The molecule has 0 spiro atoms. The number of carbonyl (C=O) groups excluding carboxylic acids is 1. The van der Waals surface area contributed by atoms with Crippen LogP contribution in [0.4, 0.5) is 5.82 Å². The molecule has 0 fully saturated rings. The number of nitrogen functional groups attached to an aromatic ring is 1. The van der Waals surface area contributed by atoms with Crippen LogP contribution in [0.3, 0.4) is 0 Å². The highest BCUT2D eigenvalue weighted by Gasteiger charge is 2.11. The molecule has 2 heterocycles. The highest BCUT2D eigenvalue weighted by atomic mass is 16.1. The Morgan fingerprint density at radius 3 is 2.79 bits per heavy atom. The van der Waals surface area contributed by atoms with Gasteiger partial charge in [0.1, 0.15) is 17.3 Å². The van der Waals surface area contributed by atoms with Crippen molar-refractivity contribution in [1.82, 2.24) is 14.8 Å². The maximum Gasteiger partial charge on any atom is 0.153 e. The molecule has 0 atom stereocenters. The molecule has 0 radical (unpaired) electrons. The van der Waals surface area contributed by atoms with Gasteiger partial charge < -0.3 is 10.5 Å². The molecule has 0 unspecified atom stereocenters. The molecule has 0 aliphatic carbocycles. The zero-order valence-electron chi connectivity index (χ0n) is 10.2. The van der Waals surface area contributed by atoms with E-state index in [-0.39, 0.29) is 0 Å². The van der Waals surface area contributed by atoms with Crippen LogP contribution >= 0.6 is 0 Å². The molecule has 2 aromatic heterocycles. The number of aldehydes is 1. The van der Waals surface area contributed by atoms with E-state index in [0.29, 0.717) is 23.3 Å². The van der Waals surface area contributed by atoms with Crippen molar-refractivity contribution < 1.29 is 4.79 Å². The smallest absolute Gasteiger partial charge is 0.153 e. The van der Waals surface area contributed by atoms with Gasteiger partial charge in [-0.1, -0.05) is 18.2 Å². The molecule has 0 saturated heterocycles. The normalized spacial score (nSPS) is 10.7. The van der Waals surface area contributed by atoms with Gasteiger partial charge in [0.15, 0.2) is 5.82 Å². The number of nitrogens with zero attached hydrogens (tertiary/aromatic N) is 3. The molecular formula is C14H12N4O. The molecule has 0 saturated carbocycles. The number of carbonyl (C=O) groups is 1. The summed E-state index contributed by atoms with van der Waals surface area (Å²) in [4.78, 5) is 14.8. The molecule has 19 heavy (non-hydrogen) atoms. The van der Waals surface area contributed by atoms with Crippen molar-refractivity contribution in [3.8, 4) is 5.69 Å². The van der Waals surface area contributed by atoms with E-state index < -0.39 is 0 Å². The molecule has 0 aliphatic rings. The fourth-order valence-electron chi connectivity index (χ4n) is 2.00. The van der Waals surface area contributed by atoms with Crippen LogP contribution in [-0.4, -0.2) is 21.1 Å². The van der Waals surface area contributed by atoms with Gasteiger partial charge in [0.2, 0.25) is 0 Å². The first kappa shape index (κ1) is 11.4. The van der Waals surface area contributed by atoms with Gasteiger partial charge in [-0.2, -0.15) is 5.10 Å². The first-order valence-corrected chi connectivity index (χ1v) is 5.92. The van der Waals surface area contributed by atoms with Crippen molar-refractivity contribution in [2.24, 2.45) is 0 Å². The SMILES string of the molecule is Nc1c2ncc(CC=O)cc2nn1-c1ccccc1. The lowest BCUT2D eigenvalue weighted by atomic mass is 10.2. The Kier molecular flexibility index (Phi) is 2.72. The van der Waals surface area contributed by atoms with Crippen molar-refractivity contribution in [1.29, 1.82) is 0 Å². The van der Waals surface area contributed by atoms with Crippen molar-refractivity contribution >= 4 is 23.1 Å². The van der Waals surface area contributed by atoms with Gasteiger partial charge in [-0.05, 0) is 23.8 Å². The number of rotatable bonds is 3. The average Bonchev–Trinajstić information content (AvgIpc) is 2.77. The predicted octanol–water partition coefficient (Wildman–Crippen LogP) is 1.74. The monoisotopic (exact) mass is 252 g/mol. The summed E-state index contributed by atoms with van der Waals surface area (Å²) < 4.78 is 1.66. The van der Waals surface area contributed by atoms with Crippen LogP contribution in [0, 0.1) is 0 Å². The van der Waals surface area contributed by atoms with Crippen molar-refractivity contribution in [2.75, 3.05) is 5.73 Å². The summed E-state index contributed by atoms with van der Waals surface area (Å²) in [6, 6.07) is 11.5. The van der Waals surface area contributed by atoms with Gasteiger partial charge in [0.25, 0.3) is 0 Å². The molecule has 1 aromatic carbocycles. The number of hydrogen-bond acceptors (Lipinski definition) is 4. The molecule has 0 amide bonds. The van der Waals surface area contributed by atoms with Gasteiger partial charge in [0, 0.05) is 12.6 Å². The third-order valence-electron chi connectivity index (χ3n) is 2.92. The Morgan fingerprint density at radius 1 is 1.26 bits per heavy atom. The highest BCUT2D eigenvalue weighted by molar-refractivity contribution is 5.86. The quantitative estimate of drug-likeness (QED) is 0.720. The van der Waals surface area contributed by atoms with Crippen molar-refractivity contribution in [3.05, 3.63) is 48.2 Å². The fraction of sp³-hybridized carbons (Fsp3) is 0.0714. The van der Waals surface area contributed by atoms with Crippen LogP contribution in [0.15, 0.2) is 42.6 Å². The molecule has 5 heteroatoms. The number of pyridine rings is 1. The second-order valence-corrected chi connectivity index (χ2v) is 4.21. The topological polar surface area (TPSA) is 73.8 Å². The number of para-hydroxylation sites is 1. The third kappa shape index (κ3) is 1.95. The fourth-order valence-corrected chi connectivity index (χ4v) is 2.00. The summed E-state index contributed by atoms with van der Waals surface area (Å²) in [6.07, 6.45) is 2.84. The van der Waals surface area contributed by atoms with Crippen LogP contribution in [0.5, 0.6) is 0 Å². The van der Waals surface area contributed by atoms with E-state index in [4.69, 9.17) is 5.73 Å². The number of benzene rings is 1. The van der Waals surface area contributed by atoms with Crippen molar-refractivity contribution in [2.45, 2.75) is 6.42 Å². The molecule has 3 rings (SSSR count). The summed E-state index contributed by atoms with van der Waals surface area (Å²) in [5.74, 6) is 0.499. The number of aromatic nitrogens is 3. The van der Waals surface area contributed by atoms with Gasteiger partial charge in [-0.25, -0.2) is 4.68 Å². The Bertz CT molecular complexity index is 734. The molecular weight excluding hydrogens is 240 g/mol. The van der Waals surface area contributed by atoms with E-state index in [1.165, 1.54) is 0 Å². The highest BCUT2D eigenvalue weighted by Crippen LogP contribution is 2.22. The minimum Gasteiger partial charge on any atom is -0.382 e. The first-order valence-electron chi connectivity index (χ1n) is 5.92. The Hall–Kier alpha value is -2.69. The number of hydrogen-bond donors (Lipinski definition) is 1. The lowest BCUT2D eigenvalue weighted by Crippen LogP contribution is -2.01. The second-order valence-electron chi connectivity index (χ2n) is 4.21. The molecule has 0 bridgehead atoms. The number of nitrogens with two attached hydrogens (primary N) is 1. The van der Waals surface area contributed by atoms with E-state index in [0.717, 1.165) is 17.5 Å². The summed E-state index contributed by atoms with van der Waals surface area (Å²) in [6.45, 7) is 0. The minimum absolute atomic E-state index is 0.334. The lowest BCUT2D eigenvalue weighted by Gasteiger charge is -2.01. The largest absolute Gasteiger partial charge is 0.382 e. The average molecular weight is 252 g/mol. The van der Waals surface area contributed by atoms with E-state index in [1.54, 1.807) is 10.9 Å². The maximum atomic E-state index is 10.5. The lowest BCUT2D eigenvalue weighted by molar-refractivity contribution is -0.107. The van der Waals surface area contributed by atoms with E-state index in [1.807, 2.05) is 36.4 Å². The molecule has 0 aliphatic heterocycles. The van der Waals surface area contributed by atoms with Crippen LogP contribution in [0.2, 0.25) is 0 Å². The Balaban J connectivity index is 2.17. The zero-order valence-corrected chi connectivity index (χ0v) is 10.2. The Labute approximate surface area is 109 Å². The summed E-state index contributed by atoms with van der Waals surface area (Å²) in [5.41, 5.74) is 9.13. The number of anilines is 1. The molecule has 3 aromatic rings. The van der Waals surface area contributed by atoms with Gasteiger partial charge in [0.05, 0.1) is 5.69 Å². The van der Waals surface area contributed by atoms with E-state index >= 15 is 0 Å². The molecule has 5 nitrogen and oxygen atoms in total. The van der Waals surface area contributed by atoms with Crippen LogP contribution in [0.25, 0.3) is 16.7 Å². The van der Waals surface area contributed by atoms with E-state index in [9.17, 15) is 4.79 Å². The van der Waals surface area contributed by atoms with E-state index in [2.05, 4.69) is 10.1 Å². The third-order valence-corrected chi connectivity index (χ3v) is 2.92. The van der Waals surface area contributed by atoms with Gasteiger partial charge in [-0.3, -0.25) is 4.98 Å². The zero-order chi connectivity index (χ0) is 13.2. The second kappa shape index (κ2) is 4.53. The van der Waals surface area contributed by atoms with Crippen LogP contribution < -0.4 is 5.73 Å². The molecule has 2 N–H and O–H groups in total.